The highest BCUT2D eigenvalue weighted by Crippen LogP contribution is 2.51. The number of hydrogen-bond donors (Lipinski definition) is 3. The maximum absolute atomic E-state index is 15.0. The number of benzene rings is 1. The summed E-state index contributed by atoms with van der Waals surface area (Å²) in [6.07, 6.45) is -1.72. The van der Waals surface area contributed by atoms with Crippen LogP contribution in [-0.2, 0) is 6.18 Å². The Balaban J connectivity index is 1.32. The first kappa shape index (κ1) is 30.6. The molecule has 4 aromatic rings. The molecule has 0 saturated carbocycles. The summed E-state index contributed by atoms with van der Waals surface area (Å²) in [4.78, 5) is 18.3. The number of nitrogens with one attached hydrogen (secondary N) is 1. The number of methoxy groups -OCH3 is 1. The van der Waals surface area contributed by atoms with E-state index in [0.29, 0.717) is 43.2 Å². The molecule has 3 aromatic heterocycles. The van der Waals surface area contributed by atoms with Crippen molar-refractivity contribution in [3.8, 4) is 22.9 Å². The van der Waals surface area contributed by atoms with Gasteiger partial charge in [0.2, 0.25) is 0 Å². The molecule has 0 amide bonds. The number of thiophene rings is 1. The molecule has 2 bridgehead atoms. The maximum atomic E-state index is 15.0. The van der Waals surface area contributed by atoms with E-state index in [9.17, 15) is 17.6 Å². The van der Waals surface area contributed by atoms with Gasteiger partial charge in [-0.2, -0.15) is 23.1 Å². The van der Waals surface area contributed by atoms with Crippen LogP contribution in [0.25, 0.3) is 32.2 Å². The number of ether oxygens (including phenoxy) is 2. The lowest BCUT2D eigenvalue weighted by molar-refractivity contribution is -0.135. The zero-order valence-electron chi connectivity index (χ0n) is 25.5. The first-order chi connectivity index (χ1) is 22.4. The molecule has 250 valence electrons. The van der Waals surface area contributed by atoms with Gasteiger partial charge in [-0.15, -0.1) is 11.3 Å². The van der Waals surface area contributed by atoms with E-state index in [-0.39, 0.29) is 68.5 Å². The largest absolute Gasteiger partial charge is 0.494 e. The Morgan fingerprint density at radius 1 is 1.09 bits per heavy atom. The predicted molar refractivity (Wildman–Crippen MR) is 169 cm³/mol. The Bertz CT molecular complexity index is 1890. The van der Waals surface area contributed by atoms with Gasteiger partial charge in [0.25, 0.3) is 0 Å². The van der Waals surface area contributed by atoms with E-state index in [1.54, 1.807) is 0 Å². The minimum absolute atomic E-state index is 0.00169. The number of nitrogen functional groups attached to an aromatic ring is 2. The Kier molecular flexibility index (Phi) is 7.08. The van der Waals surface area contributed by atoms with Gasteiger partial charge in [-0.1, -0.05) is 0 Å². The van der Waals surface area contributed by atoms with E-state index < -0.39 is 34.3 Å². The van der Waals surface area contributed by atoms with Crippen LogP contribution in [0.5, 0.6) is 11.8 Å². The number of hydrogen-bond acceptors (Lipinski definition) is 11. The Morgan fingerprint density at radius 3 is 2.57 bits per heavy atom. The molecule has 4 fully saturated rings. The van der Waals surface area contributed by atoms with Crippen LogP contribution in [0, 0.1) is 5.82 Å². The summed E-state index contributed by atoms with van der Waals surface area (Å²) >= 11 is 0.634. The molecule has 0 aliphatic carbocycles. The van der Waals surface area contributed by atoms with Crippen molar-refractivity contribution in [2.75, 3.05) is 56.3 Å². The summed E-state index contributed by atoms with van der Waals surface area (Å²) in [6, 6.07) is 2.45. The van der Waals surface area contributed by atoms with Gasteiger partial charge in [0.15, 0.2) is 11.6 Å². The minimum atomic E-state index is -4.83. The molecule has 10 nitrogen and oxygen atoms in total. The topological polar surface area (TPSA) is 128 Å². The number of nitrogens with zero attached hydrogens (tertiary/aromatic N) is 5. The zero-order chi connectivity index (χ0) is 32.8. The highest BCUT2D eigenvalue weighted by molar-refractivity contribution is 7.23. The first-order valence-corrected chi connectivity index (χ1v) is 16.4. The summed E-state index contributed by atoms with van der Waals surface area (Å²) in [5, 5.41) is 2.78. The van der Waals surface area contributed by atoms with Crippen molar-refractivity contribution in [1.29, 1.82) is 0 Å². The van der Waals surface area contributed by atoms with Crippen molar-refractivity contribution in [3.63, 3.8) is 0 Å². The summed E-state index contributed by atoms with van der Waals surface area (Å²) in [5.74, 6) is -0.531. The van der Waals surface area contributed by atoms with Crippen molar-refractivity contribution in [3.05, 3.63) is 23.5 Å². The molecule has 4 saturated heterocycles. The molecule has 4 aliphatic heterocycles. The Morgan fingerprint density at radius 2 is 1.85 bits per heavy atom. The molecule has 1 aromatic carbocycles. The van der Waals surface area contributed by atoms with Gasteiger partial charge >= 0.3 is 12.2 Å². The van der Waals surface area contributed by atoms with Crippen LogP contribution in [0.15, 0.2) is 12.1 Å². The molecular formula is C31H33F5N8O2S. The number of aromatic nitrogens is 3. The number of halogens is 5. The number of alkyl halides is 4. The van der Waals surface area contributed by atoms with Crippen molar-refractivity contribution in [2.45, 2.75) is 62.1 Å². The molecule has 4 atom stereocenters. The fourth-order valence-corrected chi connectivity index (χ4v) is 9.19. The molecule has 4 aliphatic rings. The Labute approximate surface area is 270 Å². The Hall–Kier alpha value is -3.76. The van der Waals surface area contributed by atoms with Crippen LogP contribution in [0.4, 0.5) is 38.6 Å². The van der Waals surface area contributed by atoms with Gasteiger partial charge in [0, 0.05) is 53.8 Å². The first-order valence-electron chi connectivity index (χ1n) is 15.6. The molecule has 47 heavy (non-hydrogen) atoms. The maximum Gasteiger partial charge on any atom is 0.419 e. The summed E-state index contributed by atoms with van der Waals surface area (Å²) in [5.41, 5.74) is 11.0. The third-order valence-electron chi connectivity index (χ3n) is 10.1. The van der Waals surface area contributed by atoms with E-state index in [4.69, 9.17) is 25.9 Å². The smallest absolute Gasteiger partial charge is 0.419 e. The molecule has 3 unspecified atom stereocenters. The second-order valence-electron chi connectivity index (χ2n) is 13.0. The molecular weight excluding hydrogens is 643 g/mol. The monoisotopic (exact) mass is 676 g/mol. The minimum Gasteiger partial charge on any atom is -0.494 e. The van der Waals surface area contributed by atoms with E-state index in [1.165, 1.54) is 7.11 Å². The van der Waals surface area contributed by atoms with Crippen LogP contribution >= 0.6 is 11.3 Å². The summed E-state index contributed by atoms with van der Waals surface area (Å²) in [7, 11) is 1.34. The van der Waals surface area contributed by atoms with E-state index in [0.717, 1.165) is 44.4 Å². The fraction of sp³-hybridized carbons (Fsp3) is 0.516. The molecule has 16 heteroatoms. The predicted octanol–water partition coefficient (Wildman–Crippen LogP) is 5.13. The number of anilines is 3. The number of nitrogens with two attached hydrogens (primary N) is 2. The van der Waals surface area contributed by atoms with Crippen molar-refractivity contribution >= 4 is 49.1 Å². The van der Waals surface area contributed by atoms with Gasteiger partial charge < -0.3 is 31.2 Å². The van der Waals surface area contributed by atoms with Gasteiger partial charge in [-0.25, -0.2) is 13.8 Å². The normalized spacial score (nSPS) is 26.1. The van der Waals surface area contributed by atoms with Crippen molar-refractivity contribution in [2.24, 2.45) is 0 Å². The van der Waals surface area contributed by atoms with Crippen LogP contribution in [0.2, 0.25) is 0 Å². The van der Waals surface area contributed by atoms with Crippen LogP contribution in [0.1, 0.15) is 37.7 Å². The van der Waals surface area contributed by atoms with Gasteiger partial charge in [-0.05, 0) is 44.4 Å². The fourth-order valence-electron chi connectivity index (χ4n) is 8.15. The number of fused-ring (bicyclic) bond motifs is 5. The average Bonchev–Trinajstić information content (AvgIpc) is 3.74. The quantitative estimate of drug-likeness (QED) is 0.237. The highest BCUT2D eigenvalue weighted by atomic mass is 32.1. The van der Waals surface area contributed by atoms with Crippen LogP contribution < -0.4 is 31.2 Å². The molecule has 5 N–H and O–H groups in total. The van der Waals surface area contributed by atoms with E-state index in [2.05, 4.69) is 25.1 Å². The van der Waals surface area contributed by atoms with E-state index in [1.807, 2.05) is 0 Å². The summed E-state index contributed by atoms with van der Waals surface area (Å²) < 4.78 is 84.7. The lowest BCUT2D eigenvalue weighted by atomic mass is 9.95. The number of piperazine rings is 1. The molecule has 0 radical (unpaired) electrons. The standard InChI is InChI=1S/C31H33F5N8O2S/c1-45-25-21(18-7-14(32)8-19-20(18)22(27(38)47-19)31(34,35)36)26(37)40-24-23(25)41-29(42-28(24)43-11-16-3-4-17(12-43)39-16)46-13-30-5-2-6-44(30)10-15(33)9-30/h7-8,15-17,39H,2-6,9-13,38H2,1H3,(H2,37,40)/t15-,16?,17?,30?/m1/s1. The summed E-state index contributed by atoms with van der Waals surface area (Å²) in [6.45, 7) is 2.56. The number of pyridine rings is 1. The lowest BCUT2D eigenvalue weighted by Crippen LogP contribution is -2.51. The van der Waals surface area contributed by atoms with Gasteiger partial charge in [0.1, 0.15) is 35.4 Å². The van der Waals surface area contributed by atoms with Crippen molar-refractivity contribution in [1.82, 2.24) is 25.2 Å². The van der Waals surface area contributed by atoms with Gasteiger partial charge in [0.05, 0.1) is 28.8 Å². The number of rotatable bonds is 6. The third kappa shape index (κ3) is 4.98. The highest BCUT2D eigenvalue weighted by Gasteiger charge is 2.49. The molecule has 8 rings (SSSR count). The second kappa shape index (κ2) is 10.9. The zero-order valence-corrected chi connectivity index (χ0v) is 26.3. The SMILES string of the molecule is COc1c(-c2cc(F)cc3sc(N)c(C(F)(F)F)c23)c(N)nc2c(N3CC4CCC(C3)N4)nc(OCC34CCCN3C[C@H](F)C4)nc12. The van der Waals surface area contributed by atoms with Crippen LogP contribution in [0.3, 0.4) is 0 Å². The second-order valence-corrected chi connectivity index (χ2v) is 14.1. The van der Waals surface area contributed by atoms with Crippen molar-refractivity contribution < 1.29 is 31.4 Å². The molecule has 7 heterocycles. The molecule has 0 spiro atoms. The average molecular weight is 677 g/mol. The van der Waals surface area contributed by atoms with Gasteiger partial charge in [-0.3, -0.25) is 4.90 Å². The van der Waals surface area contributed by atoms with E-state index >= 15 is 4.39 Å². The lowest BCUT2D eigenvalue weighted by Gasteiger charge is -2.34. The third-order valence-corrected chi connectivity index (χ3v) is 11.0. The van der Waals surface area contributed by atoms with Crippen LogP contribution in [-0.4, -0.2) is 83.5 Å².